The maximum atomic E-state index is 11.5. The van der Waals surface area contributed by atoms with Crippen molar-refractivity contribution in [2.75, 3.05) is 13.1 Å². The van der Waals surface area contributed by atoms with E-state index in [1.165, 1.54) is 19.1 Å². The van der Waals surface area contributed by atoms with Crippen LogP contribution in [0.25, 0.3) is 0 Å². The van der Waals surface area contributed by atoms with Gasteiger partial charge in [-0.3, -0.25) is 4.79 Å². The molecule has 0 radical (unpaired) electrons. The average Bonchev–Trinajstić information content (AvgIpc) is 2.99. The Morgan fingerprint density at radius 3 is 3.00 bits per heavy atom. The van der Waals surface area contributed by atoms with Crippen LogP contribution in [0.3, 0.4) is 0 Å². The second-order valence-electron chi connectivity index (χ2n) is 4.31. The second kappa shape index (κ2) is 5.16. The highest BCUT2D eigenvalue weighted by atomic mass is 16.3. The third-order valence-electron chi connectivity index (χ3n) is 2.95. The third-order valence-corrected chi connectivity index (χ3v) is 2.95. The van der Waals surface area contributed by atoms with E-state index in [2.05, 4.69) is 17.6 Å². The van der Waals surface area contributed by atoms with Gasteiger partial charge in [0, 0.05) is 19.1 Å². The summed E-state index contributed by atoms with van der Waals surface area (Å²) in [6, 6.07) is 3.94. The molecule has 2 N–H and O–H groups in total. The lowest BCUT2D eigenvalue weighted by molar-refractivity contribution is 0.0926. The zero-order valence-corrected chi connectivity index (χ0v) is 9.53. The predicted octanol–water partition coefficient (Wildman–Crippen LogP) is 1.40. The summed E-state index contributed by atoms with van der Waals surface area (Å²) < 4.78 is 4.99. The Morgan fingerprint density at radius 1 is 1.56 bits per heavy atom. The standard InChI is InChI=1S/C12H18N2O2/c1-9(10-4-5-10)13-6-7-14-12(15)11-3-2-8-16-11/h2-3,8-10,13H,4-7H2,1H3,(H,14,15). The number of rotatable bonds is 6. The third kappa shape index (κ3) is 3.10. The fourth-order valence-corrected chi connectivity index (χ4v) is 1.73. The van der Waals surface area contributed by atoms with E-state index in [1.807, 2.05) is 0 Å². The Kier molecular flexibility index (Phi) is 3.62. The van der Waals surface area contributed by atoms with Crippen LogP contribution in [-0.2, 0) is 0 Å². The van der Waals surface area contributed by atoms with E-state index in [0.29, 0.717) is 18.3 Å². The lowest BCUT2D eigenvalue weighted by Crippen LogP contribution is -2.36. The molecule has 16 heavy (non-hydrogen) atoms. The van der Waals surface area contributed by atoms with Crippen molar-refractivity contribution in [1.82, 2.24) is 10.6 Å². The molecule has 0 aromatic carbocycles. The molecule has 0 spiro atoms. The van der Waals surface area contributed by atoms with Gasteiger partial charge >= 0.3 is 0 Å². The molecule has 1 aromatic rings. The van der Waals surface area contributed by atoms with Crippen LogP contribution in [0.5, 0.6) is 0 Å². The zero-order chi connectivity index (χ0) is 11.4. The molecule has 4 nitrogen and oxygen atoms in total. The smallest absolute Gasteiger partial charge is 0.287 e. The number of nitrogens with one attached hydrogen (secondary N) is 2. The van der Waals surface area contributed by atoms with Gasteiger partial charge in [0.1, 0.15) is 0 Å². The Labute approximate surface area is 95.4 Å². The highest BCUT2D eigenvalue weighted by Crippen LogP contribution is 2.32. The molecule has 0 bridgehead atoms. The van der Waals surface area contributed by atoms with Crippen molar-refractivity contribution in [1.29, 1.82) is 0 Å². The topological polar surface area (TPSA) is 54.3 Å². The van der Waals surface area contributed by atoms with Gasteiger partial charge in [-0.2, -0.15) is 0 Å². The van der Waals surface area contributed by atoms with Crippen LogP contribution >= 0.6 is 0 Å². The molecule has 0 saturated heterocycles. The van der Waals surface area contributed by atoms with Crippen LogP contribution < -0.4 is 10.6 Å². The number of carbonyl (C=O) groups excluding carboxylic acids is 1. The molecule has 1 saturated carbocycles. The van der Waals surface area contributed by atoms with Gasteiger partial charge in [0.25, 0.3) is 5.91 Å². The van der Waals surface area contributed by atoms with Gasteiger partial charge in [0.05, 0.1) is 6.26 Å². The zero-order valence-electron chi connectivity index (χ0n) is 9.53. The minimum Gasteiger partial charge on any atom is -0.459 e. The molecule has 1 amide bonds. The first-order valence-corrected chi connectivity index (χ1v) is 5.82. The highest BCUT2D eigenvalue weighted by Gasteiger charge is 2.27. The molecule has 1 aromatic heterocycles. The Morgan fingerprint density at radius 2 is 2.38 bits per heavy atom. The Balaban J connectivity index is 1.59. The largest absolute Gasteiger partial charge is 0.459 e. The van der Waals surface area contributed by atoms with Crippen molar-refractivity contribution in [2.24, 2.45) is 5.92 Å². The molecule has 1 fully saturated rings. The lowest BCUT2D eigenvalue weighted by atomic mass is 10.2. The SMILES string of the molecule is CC(NCCNC(=O)c1ccco1)C1CC1. The number of furan rings is 1. The highest BCUT2D eigenvalue weighted by molar-refractivity contribution is 5.91. The first-order valence-electron chi connectivity index (χ1n) is 5.82. The monoisotopic (exact) mass is 222 g/mol. The summed E-state index contributed by atoms with van der Waals surface area (Å²) >= 11 is 0. The summed E-state index contributed by atoms with van der Waals surface area (Å²) in [7, 11) is 0. The summed E-state index contributed by atoms with van der Waals surface area (Å²) in [6.07, 6.45) is 4.18. The van der Waals surface area contributed by atoms with Crippen LogP contribution in [-0.4, -0.2) is 25.0 Å². The molecule has 2 rings (SSSR count). The van der Waals surface area contributed by atoms with Gasteiger partial charge in [-0.05, 0) is 37.8 Å². The minimum atomic E-state index is -0.147. The van der Waals surface area contributed by atoms with Crippen molar-refractivity contribution < 1.29 is 9.21 Å². The van der Waals surface area contributed by atoms with E-state index in [0.717, 1.165) is 12.5 Å². The van der Waals surface area contributed by atoms with E-state index in [9.17, 15) is 4.79 Å². The number of amides is 1. The quantitative estimate of drug-likeness (QED) is 0.715. The molecule has 1 atom stereocenters. The normalized spacial score (nSPS) is 17.1. The second-order valence-corrected chi connectivity index (χ2v) is 4.31. The number of hydrogen-bond acceptors (Lipinski definition) is 3. The molecular formula is C12H18N2O2. The molecule has 1 aliphatic rings. The maximum absolute atomic E-state index is 11.5. The van der Waals surface area contributed by atoms with Gasteiger partial charge in [-0.25, -0.2) is 0 Å². The van der Waals surface area contributed by atoms with Gasteiger partial charge in [-0.1, -0.05) is 0 Å². The predicted molar refractivity (Wildman–Crippen MR) is 61.2 cm³/mol. The number of hydrogen-bond donors (Lipinski definition) is 2. The van der Waals surface area contributed by atoms with Gasteiger partial charge in [-0.15, -0.1) is 0 Å². The summed E-state index contributed by atoms with van der Waals surface area (Å²) in [4.78, 5) is 11.5. The maximum Gasteiger partial charge on any atom is 0.287 e. The van der Waals surface area contributed by atoms with Crippen LogP contribution in [0.2, 0.25) is 0 Å². The molecule has 1 unspecified atom stereocenters. The van der Waals surface area contributed by atoms with E-state index < -0.39 is 0 Å². The lowest BCUT2D eigenvalue weighted by Gasteiger charge is -2.12. The average molecular weight is 222 g/mol. The molecule has 88 valence electrons. The minimum absolute atomic E-state index is 0.147. The van der Waals surface area contributed by atoms with E-state index in [1.54, 1.807) is 12.1 Å². The number of carbonyl (C=O) groups is 1. The van der Waals surface area contributed by atoms with Crippen LogP contribution in [0.4, 0.5) is 0 Å². The molecule has 1 heterocycles. The van der Waals surface area contributed by atoms with Crippen molar-refractivity contribution in [3.63, 3.8) is 0 Å². The molecule has 0 aliphatic heterocycles. The molecule has 4 heteroatoms. The molecular weight excluding hydrogens is 204 g/mol. The van der Waals surface area contributed by atoms with Crippen molar-refractivity contribution in [2.45, 2.75) is 25.8 Å². The van der Waals surface area contributed by atoms with Crippen molar-refractivity contribution >= 4 is 5.91 Å². The van der Waals surface area contributed by atoms with Crippen LogP contribution in [0.15, 0.2) is 22.8 Å². The van der Waals surface area contributed by atoms with Gasteiger partial charge in [0.2, 0.25) is 0 Å². The van der Waals surface area contributed by atoms with Crippen LogP contribution in [0.1, 0.15) is 30.3 Å². The summed E-state index contributed by atoms with van der Waals surface area (Å²) in [5, 5.41) is 6.20. The van der Waals surface area contributed by atoms with Gasteiger partial charge < -0.3 is 15.1 Å². The fourth-order valence-electron chi connectivity index (χ4n) is 1.73. The fraction of sp³-hybridized carbons (Fsp3) is 0.583. The molecule has 1 aliphatic carbocycles. The van der Waals surface area contributed by atoms with Crippen LogP contribution in [0, 0.1) is 5.92 Å². The first kappa shape index (κ1) is 11.2. The van der Waals surface area contributed by atoms with Crippen molar-refractivity contribution in [3.8, 4) is 0 Å². The van der Waals surface area contributed by atoms with Gasteiger partial charge in [0.15, 0.2) is 5.76 Å². The van der Waals surface area contributed by atoms with E-state index in [-0.39, 0.29) is 5.91 Å². The summed E-state index contributed by atoms with van der Waals surface area (Å²) in [6.45, 7) is 3.65. The first-order chi connectivity index (χ1) is 7.77. The summed E-state index contributed by atoms with van der Waals surface area (Å²) in [5.74, 6) is 1.07. The van der Waals surface area contributed by atoms with Crippen molar-refractivity contribution in [3.05, 3.63) is 24.2 Å². The Bertz CT molecular complexity index is 331. The van der Waals surface area contributed by atoms with E-state index >= 15 is 0 Å². The Hall–Kier alpha value is -1.29. The summed E-state index contributed by atoms with van der Waals surface area (Å²) in [5.41, 5.74) is 0. The van der Waals surface area contributed by atoms with E-state index in [4.69, 9.17) is 4.42 Å².